The zero-order valence-electron chi connectivity index (χ0n) is 10.8. The molecule has 0 aromatic rings. The summed E-state index contributed by atoms with van der Waals surface area (Å²) in [6, 6.07) is -0.788. The molecule has 0 saturated carbocycles. The quantitative estimate of drug-likeness (QED) is 0.423. The maximum Gasteiger partial charge on any atom is 0.516 e. The highest BCUT2D eigenvalue weighted by molar-refractivity contribution is 5.87. The summed E-state index contributed by atoms with van der Waals surface area (Å²) >= 11 is 0. The summed E-state index contributed by atoms with van der Waals surface area (Å²) in [7, 11) is 0. The minimum atomic E-state index is -1.05. The number of hydrogen-bond donors (Lipinski definition) is 1. The van der Waals surface area contributed by atoms with E-state index < -0.39 is 23.8 Å². The third kappa shape index (κ3) is 4.33. The minimum Gasteiger partial charge on any atom is -0.428 e. The van der Waals surface area contributed by atoms with Gasteiger partial charge in [0.25, 0.3) is 0 Å². The van der Waals surface area contributed by atoms with Gasteiger partial charge in [-0.05, 0) is 20.8 Å². The molecule has 1 atom stereocenters. The van der Waals surface area contributed by atoms with Gasteiger partial charge in [-0.15, -0.1) is 0 Å². The molecule has 1 N–H and O–H groups in total. The van der Waals surface area contributed by atoms with Gasteiger partial charge in [-0.25, -0.2) is 9.59 Å². The van der Waals surface area contributed by atoms with Crippen molar-refractivity contribution in [2.75, 3.05) is 19.6 Å². The van der Waals surface area contributed by atoms with E-state index in [-0.39, 0.29) is 6.54 Å². The Balaban J connectivity index is 2.53. The lowest BCUT2D eigenvalue weighted by Gasteiger charge is -2.31. The van der Waals surface area contributed by atoms with Crippen LogP contribution in [0.25, 0.3) is 0 Å². The maximum atomic E-state index is 11.7. The van der Waals surface area contributed by atoms with Gasteiger partial charge in [0.2, 0.25) is 6.41 Å². The molecule has 18 heavy (non-hydrogen) atoms. The van der Waals surface area contributed by atoms with Crippen molar-refractivity contribution in [1.29, 1.82) is 0 Å². The van der Waals surface area contributed by atoms with Crippen LogP contribution in [0.3, 0.4) is 0 Å². The highest BCUT2D eigenvalue weighted by Crippen LogP contribution is 2.10. The Bertz CT molecular complexity index is 337. The fraction of sp³-hybridized carbons (Fsp3) is 0.727. The van der Waals surface area contributed by atoms with Gasteiger partial charge < -0.3 is 19.7 Å². The number of esters is 1. The van der Waals surface area contributed by atoms with E-state index in [1.54, 1.807) is 20.8 Å². The predicted octanol–water partition coefficient (Wildman–Crippen LogP) is -0.105. The van der Waals surface area contributed by atoms with Crippen LogP contribution in [0.2, 0.25) is 0 Å². The number of rotatable bonds is 2. The van der Waals surface area contributed by atoms with E-state index in [1.165, 1.54) is 4.90 Å². The topological polar surface area (TPSA) is 84.9 Å². The van der Waals surface area contributed by atoms with Crippen LogP contribution >= 0.6 is 0 Å². The number of nitrogens with one attached hydrogen (secondary N) is 1. The highest BCUT2D eigenvalue weighted by Gasteiger charge is 2.31. The molecule has 7 nitrogen and oxygen atoms in total. The van der Waals surface area contributed by atoms with Gasteiger partial charge in [0, 0.05) is 19.6 Å². The molecule has 1 rings (SSSR count). The van der Waals surface area contributed by atoms with E-state index in [2.05, 4.69) is 10.1 Å². The summed E-state index contributed by atoms with van der Waals surface area (Å²) in [5.74, 6) is -0.788. The van der Waals surface area contributed by atoms with Crippen LogP contribution in [0.15, 0.2) is 0 Å². The Morgan fingerprint density at radius 1 is 1.39 bits per heavy atom. The van der Waals surface area contributed by atoms with Crippen LogP contribution in [0.1, 0.15) is 20.8 Å². The number of carbonyl (C=O) groups excluding carboxylic acids is 3. The second-order valence-corrected chi connectivity index (χ2v) is 4.95. The van der Waals surface area contributed by atoms with Crippen LogP contribution in [0.5, 0.6) is 0 Å². The second-order valence-electron chi connectivity index (χ2n) is 4.95. The SMILES string of the molecule is CC(C)(C)OC(=O)OC(=O)C1CNCCN1C=O. The number of ether oxygens (including phenoxy) is 2. The molecule has 0 bridgehead atoms. The molecule has 0 radical (unpaired) electrons. The summed E-state index contributed by atoms with van der Waals surface area (Å²) in [5.41, 5.74) is -0.730. The van der Waals surface area contributed by atoms with Crippen LogP contribution in [0, 0.1) is 0 Å². The Morgan fingerprint density at radius 2 is 2.06 bits per heavy atom. The Hall–Kier alpha value is -1.63. The largest absolute Gasteiger partial charge is 0.516 e. The van der Waals surface area contributed by atoms with Crippen LogP contribution in [0.4, 0.5) is 4.79 Å². The van der Waals surface area contributed by atoms with Crippen molar-refractivity contribution < 1.29 is 23.9 Å². The van der Waals surface area contributed by atoms with Gasteiger partial charge in [-0.1, -0.05) is 0 Å². The molecular formula is C11H18N2O5. The van der Waals surface area contributed by atoms with Crippen LogP contribution in [-0.4, -0.2) is 54.7 Å². The molecule has 7 heteroatoms. The number of amides is 1. The summed E-state index contributed by atoms with van der Waals surface area (Å²) < 4.78 is 9.42. The molecule has 1 aliphatic rings. The van der Waals surface area contributed by atoms with Gasteiger partial charge in [0.1, 0.15) is 11.6 Å². The van der Waals surface area contributed by atoms with Gasteiger partial charge >= 0.3 is 12.1 Å². The van der Waals surface area contributed by atoms with Crippen molar-refractivity contribution in [2.24, 2.45) is 0 Å². The van der Waals surface area contributed by atoms with Crippen molar-refractivity contribution in [3.8, 4) is 0 Å². The van der Waals surface area contributed by atoms with E-state index in [1.807, 2.05) is 0 Å². The van der Waals surface area contributed by atoms with E-state index in [0.29, 0.717) is 19.5 Å². The van der Waals surface area contributed by atoms with Crippen LogP contribution < -0.4 is 5.32 Å². The lowest BCUT2D eigenvalue weighted by Crippen LogP contribution is -2.55. The van der Waals surface area contributed by atoms with Gasteiger partial charge in [0.05, 0.1) is 0 Å². The highest BCUT2D eigenvalue weighted by atomic mass is 16.7. The first-order valence-electron chi connectivity index (χ1n) is 5.70. The first-order valence-corrected chi connectivity index (χ1v) is 5.70. The summed E-state index contributed by atoms with van der Waals surface area (Å²) in [4.78, 5) is 35.1. The number of carbonyl (C=O) groups is 3. The smallest absolute Gasteiger partial charge is 0.428 e. The van der Waals surface area contributed by atoms with Crippen molar-refractivity contribution in [1.82, 2.24) is 10.2 Å². The molecule has 1 fully saturated rings. The number of nitrogens with zero attached hydrogens (tertiary/aromatic N) is 1. The minimum absolute atomic E-state index is 0.264. The van der Waals surface area contributed by atoms with Gasteiger partial charge in [-0.2, -0.15) is 0 Å². The number of piperazine rings is 1. The number of hydrogen-bond acceptors (Lipinski definition) is 6. The van der Waals surface area contributed by atoms with E-state index in [9.17, 15) is 14.4 Å². The maximum absolute atomic E-state index is 11.7. The normalized spacial score (nSPS) is 20.2. The monoisotopic (exact) mass is 258 g/mol. The summed E-state index contributed by atoms with van der Waals surface area (Å²) in [6.07, 6.45) is -0.481. The summed E-state index contributed by atoms with van der Waals surface area (Å²) in [5, 5.41) is 2.95. The van der Waals surface area contributed by atoms with E-state index in [4.69, 9.17) is 4.74 Å². The van der Waals surface area contributed by atoms with Gasteiger partial charge in [0.15, 0.2) is 0 Å². The molecule has 1 amide bonds. The Kier molecular flexibility index (Phi) is 4.66. The summed E-state index contributed by atoms with van der Waals surface area (Å²) in [6.45, 7) is 6.27. The lowest BCUT2D eigenvalue weighted by atomic mass is 10.2. The first-order chi connectivity index (χ1) is 8.33. The van der Waals surface area contributed by atoms with Crippen molar-refractivity contribution in [3.63, 3.8) is 0 Å². The third-order valence-corrected chi connectivity index (χ3v) is 2.27. The fourth-order valence-corrected chi connectivity index (χ4v) is 1.49. The van der Waals surface area contributed by atoms with Crippen LogP contribution in [-0.2, 0) is 19.1 Å². The van der Waals surface area contributed by atoms with E-state index in [0.717, 1.165) is 0 Å². The standard InChI is InChI=1S/C11H18N2O5/c1-11(2,3)18-10(16)17-9(15)8-6-12-4-5-13(8)7-14/h7-8,12H,4-6H2,1-3H3. The average molecular weight is 258 g/mol. The molecule has 1 heterocycles. The fourth-order valence-electron chi connectivity index (χ4n) is 1.49. The first kappa shape index (κ1) is 14.4. The average Bonchev–Trinajstić information content (AvgIpc) is 2.26. The van der Waals surface area contributed by atoms with Gasteiger partial charge in [-0.3, -0.25) is 4.79 Å². The second kappa shape index (κ2) is 5.81. The molecule has 102 valence electrons. The molecule has 1 saturated heterocycles. The predicted molar refractivity (Wildman–Crippen MR) is 61.8 cm³/mol. The molecular weight excluding hydrogens is 240 g/mol. The zero-order valence-corrected chi connectivity index (χ0v) is 10.8. The Morgan fingerprint density at radius 3 is 2.61 bits per heavy atom. The van der Waals surface area contributed by atoms with Crippen molar-refractivity contribution in [3.05, 3.63) is 0 Å². The molecule has 1 unspecified atom stereocenters. The molecule has 1 aliphatic heterocycles. The molecule has 0 aromatic heterocycles. The molecule has 0 spiro atoms. The van der Waals surface area contributed by atoms with Crippen molar-refractivity contribution in [2.45, 2.75) is 32.4 Å². The van der Waals surface area contributed by atoms with E-state index >= 15 is 0 Å². The van der Waals surface area contributed by atoms with Crippen molar-refractivity contribution >= 4 is 18.5 Å². The third-order valence-electron chi connectivity index (χ3n) is 2.27. The zero-order chi connectivity index (χ0) is 13.8. The Labute approximate surface area is 105 Å². The lowest BCUT2D eigenvalue weighted by molar-refractivity contribution is -0.150. The molecule has 0 aliphatic carbocycles. The molecule has 0 aromatic carbocycles.